The minimum absolute atomic E-state index is 0.0519. The smallest absolute Gasteiger partial charge is 0.255 e. The zero-order valence-corrected chi connectivity index (χ0v) is 19.3. The SMILES string of the molecule is CN1C(=O)C2(CCN(C(=O)CC(C)(C)C)CC2)c2cc(C(=O)Nc3ccccc3)ccc21. The fraction of sp³-hybridized carbons (Fsp3) is 0.423. The highest BCUT2D eigenvalue weighted by atomic mass is 16.2. The number of rotatable bonds is 3. The zero-order chi connectivity index (χ0) is 23.1. The van der Waals surface area contributed by atoms with E-state index in [-0.39, 0.29) is 23.1 Å². The van der Waals surface area contributed by atoms with E-state index in [2.05, 4.69) is 26.1 Å². The number of likely N-dealkylation sites (tertiary alicyclic amines) is 1. The monoisotopic (exact) mass is 433 g/mol. The maximum absolute atomic E-state index is 13.3. The van der Waals surface area contributed by atoms with E-state index in [1.54, 1.807) is 18.0 Å². The molecule has 32 heavy (non-hydrogen) atoms. The Morgan fingerprint density at radius 2 is 1.69 bits per heavy atom. The number of anilines is 2. The molecule has 0 radical (unpaired) electrons. The van der Waals surface area contributed by atoms with Crippen LogP contribution in [0.4, 0.5) is 11.4 Å². The summed E-state index contributed by atoms with van der Waals surface area (Å²) in [5.41, 5.74) is 2.26. The van der Waals surface area contributed by atoms with Crippen LogP contribution in [-0.2, 0) is 15.0 Å². The molecule has 0 saturated carbocycles. The summed E-state index contributed by atoms with van der Waals surface area (Å²) in [5.74, 6) is -0.00709. The van der Waals surface area contributed by atoms with E-state index in [1.807, 2.05) is 47.4 Å². The molecule has 0 unspecified atom stereocenters. The molecule has 3 amide bonds. The van der Waals surface area contributed by atoms with Crippen LogP contribution in [0.25, 0.3) is 0 Å². The number of nitrogens with one attached hydrogen (secondary N) is 1. The van der Waals surface area contributed by atoms with Crippen LogP contribution in [-0.4, -0.2) is 42.8 Å². The molecule has 0 aromatic heterocycles. The van der Waals surface area contributed by atoms with Crippen molar-refractivity contribution in [2.75, 3.05) is 30.4 Å². The van der Waals surface area contributed by atoms with Gasteiger partial charge in [0.05, 0.1) is 5.41 Å². The molecule has 6 nitrogen and oxygen atoms in total. The lowest BCUT2D eigenvalue weighted by Gasteiger charge is -2.39. The van der Waals surface area contributed by atoms with Gasteiger partial charge in [0, 0.05) is 43.5 Å². The fourth-order valence-corrected chi connectivity index (χ4v) is 4.81. The number of hydrogen-bond acceptors (Lipinski definition) is 3. The van der Waals surface area contributed by atoms with E-state index in [0.29, 0.717) is 37.9 Å². The van der Waals surface area contributed by atoms with Crippen molar-refractivity contribution in [2.45, 2.75) is 45.4 Å². The second kappa shape index (κ2) is 8.08. The van der Waals surface area contributed by atoms with Gasteiger partial charge in [0.25, 0.3) is 5.91 Å². The largest absolute Gasteiger partial charge is 0.343 e. The average molecular weight is 434 g/mol. The molecule has 1 N–H and O–H groups in total. The Balaban J connectivity index is 1.57. The third-order valence-corrected chi connectivity index (χ3v) is 6.53. The van der Waals surface area contributed by atoms with Gasteiger partial charge < -0.3 is 15.1 Å². The molecular formula is C26H31N3O3. The van der Waals surface area contributed by atoms with Crippen molar-refractivity contribution >= 4 is 29.1 Å². The van der Waals surface area contributed by atoms with E-state index in [1.165, 1.54) is 0 Å². The number of hydrogen-bond donors (Lipinski definition) is 1. The predicted octanol–water partition coefficient (Wildman–Crippen LogP) is 4.21. The van der Waals surface area contributed by atoms with Gasteiger partial charge in [-0.3, -0.25) is 14.4 Å². The van der Waals surface area contributed by atoms with Crippen LogP contribution in [0.5, 0.6) is 0 Å². The van der Waals surface area contributed by atoms with Crippen LogP contribution in [0.1, 0.15) is 56.0 Å². The Morgan fingerprint density at radius 3 is 2.31 bits per heavy atom. The zero-order valence-electron chi connectivity index (χ0n) is 19.3. The van der Waals surface area contributed by atoms with Gasteiger partial charge in [0.2, 0.25) is 11.8 Å². The van der Waals surface area contributed by atoms with Crippen LogP contribution in [0.15, 0.2) is 48.5 Å². The number of amides is 3. The third-order valence-electron chi connectivity index (χ3n) is 6.53. The minimum atomic E-state index is -0.675. The van der Waals surface area contributed by atoms with Crippen LogP contribution in [0.2, 0.25) is 0 Å². The first-order valence-electron chi connectivity index (χ1n) is 11.2. The van der Waals surface area contributed by atoms with Gasteiger partial charge in [-0.25, -0.2) is 0 Å². The van der Waals surface area contributed by atoms with Crippen molar-refractivity contribution in [2.24, 2.45) is 5.41 Å². The van der Waals surface area contributed by atoms with E-state index >= 15 is 0 Å². The first-order valence-corrected chi connectivity index (χ1v) is 11.2. The molecule has 0 atom stereocenters. The number of piperidine rings is 1. The summed E-state index contributed by atoms with van der Waals surface area (Å²) in [5, 5.41) is 2.92. The molecule has 2 heterocycles. The quantitative estimate of drug-likeness (QED) is 0.788. The second-order valence-corrected chi connectivity index (χ2v) is 10.1. The lowest BCUT2D eigenvalue weighted by Crippen LogP contribution is -2.50. The van der Waals surface area contributed by atoms with Crippen LogP contribution in [0, 0.1) is 5.41 Å². The third kappa shape index (κ3) is 4.01. The Kier molecular flexibility index (Phi) is 5.57. The maximum Gasteiger partial charge on any atom is 0.255 e. The molecule has 1 fully saturated rings. The molecule has 2 aliphatic rings. The lowest BCUT2D eigenvalue weighted by atomic mass is 9.73. The second-order valence-electron chi connectivity index (χ2n) is 10.1. The first-order chi connectivity index (χ1) is 15.1. The van der Waals surface area contributed by atoms with E-state index in [9.17, 15) is 14.4 Å². The van der Waals surface area contributed by atoms with Crippen LogP contribution in [0.3, 0.4) is 0 Å². The summed E-state index contributed by atoms with van der Waals surface area (Å²) in [7, 11) is 1.79. The van der Waals surface area contributed by atoms with E-state index in [4.69, 9.17) is 0 Å². The number of benzene rings is 2. The number of para-hydroxylation sites is 1. The first kappa shape index (κ1) is 22.1. The number of carbonyl (C=O) groups is 3. The van der Waals surface area contributed by atoms with Gasteiger partial charge in [-0.15, -0.1) is 0 Å². The molecule has 1 spiro atoms. The van der Waals surface area contributed by atoms with Gasteiger partial charge in [-0.1, -0.05) is 39.0 Å². The highest BCUT2D eigenvalue weighted by Gasteiger charge is 2.51. The van der Waals surface area contributed by atoms with Crippen LogP contribution < -0.4 is 10.2 Å². The van der Waals surface area contributed by atoms with Gasteiger partial charge >= 0.3 is 0 Å². The summed E-state index contributed by atoms with van der Waals surface area (Å²) in [6.45, 7) is 7.28. The molecule has 2 aliphatic heterocycles. The molecule has 0 bridgehead atoms. The Morgan fingerprint density at radius 1 is 1.03 bits per heavy atom. The van der Waals surface area contributed by atoms with E-state index in [0.717, 1.165) is 16.9 Å². The molecule has 0 aliphatic carbocycles. The number of nitrogens with zero attached hydrogens (tertiary/aromatic N) is 2. The summed E-state index contributed by atoms with van der Waals surface area (Å²) >= 11 is 0. The predicted molar refractivity (Wildman–Crippen MR) is 126 cm³/mol. The maximum atomic E-state index is 13.3. The van der Waals surface area contributed by atoms with Gasteiger partial charge in [0.1, 0.15) is 0 Å². The van der Waals surface area contributed by atoms with Crippen molar-refractivity contribution in [3.8, 4) is 0 Å². The van der Waals surface area contributed by atoms with E-state index < -0.39 is 5.41 Å². The Hall–Kier alpha value is -3.15. The summed E-state index contributed by atoms with van der Waals surface area (Å²) < 4.78 is 0. The van der Waals surface area contributed by atoms with Crippen molar-refractivity contribution in [3.05, 3.63) is 59.7 Å². The summed E-state index contributed by atoms with van der Waals surface area (Å²) in [6, 6.07) is 14.8. The van der Waals surface area contributed by atoms with Crippen molar-refractivity contribution < 1.29 is 14.4 Å². The van der Waals surface area contributed by atoms with Crippen molar-refractivity contribution in [1.82, 2.24) is 4.90 Å². The topological polar surface area (TPSA) is 69.7 Å². The highest BCUT2D eigenvalue weighted by Crippen LogP contribution is 2.48. The normalized spacial score (nSPS) is 17.4. The van der Waals surface area contributed by atoms with Gasteiger partial charge in [-0.05, 0) is 54.2 Å². The molecule has 4 rings (SSSR count). The standard InChI is InChI=1S/C26H31N3O3/c1-25(2,3)17-22(30)29-14-12-26(13-15-29)20-16-18(10-11-21(20)28(4)24(26)32)23(31)27-19-8-6-5-7-9-19/h5-11,16H,12-15,17H2,1-4H3,(H,27,31). The number of fused-ring (bicyclic) bond motifs is 2. The highest BCUT2D eigenvalue weighted by molar-refractivity contribution is 6.10. The molecule has 6 heteroatoms. The van der Waals surface area contributed by atoms with Gasteiger partial charge in [0.15, 0.2) is 0 Å². The summed E-state index contributed by atoms with van der Waals surface area (Å²) in [6.07, 6.45) is 1.64. The molecular weight excluding hydrogens is 402 g/mol. The molecule has 168 valence electrons. The lowest BCUT2D eigenvalue weighted by molar-refractivity contribution is -0.137. The molecule has 1 saturated heterocycles. The van der Waals surface area contributed by atoms with Crippen LogP contribution >= 0.6 is 0 Å². The average Bonchev–Trinajstić information content (AvgIpc) is 2.95. The Labute approximate surface area is 189 Å². The fourth-order valence-electron chi connectivity index (χ4n) is 4.81. The van der Waals surface area contributed by atoms with Gasteiger partial charge in [-0.2, -0.15) is 0 Å². The Bertz CT molecular complexity index is 1050. The molecule has 2 aromatic carbocycles. The minimum Gasteiger partial charge on any atom is -0.343 e. The number of likely N-dealkylation sites (N-methyl/N-ethyl adjacent to an activating group) is 1. The summed E-state index contributed by atoms with van der Waals surface area (Å²) in [4.78, 5) is 42.5. The van der Waals surface area contributed by atoms with Crippen molar-refractivity contribution in [3.63, 3.8) is 0 Å². The van der Waals surface area contributed by atoms with Crippen molar-refractivity contribution in [1.29, 1.82) is 0 Å². The number of carbonyl (C=O) groups excluding carboxylic acids is 3. The molecule has 2 aromatic rings.